The fourth-order valence-corrected chi connectivity index (χ4v) is 1.58. The minimum Gasteiger partial charge on any atom is -0.530 e. The molecule has 1 amide bonds. The molecule has 0 atom stereocenters. The number of rotatable bonds is 6. The van der Waals surface area contributed by atoms with E-state index in [9.17, 15) is 20.0 Å². The zero-order chi connectivity index (χ0) is 15.3. The zero-order valence-electron chi connectivity index (χ0n) is 10.8. The lowest BCUT2D eigenvalue weighted by Crippen LogP contribution is -2.41. The first-order valence-electron chi connectivity index (χ1n) is 5.70. The maximum atomic E-state index is 11.0. The maximum Gasteiger partial charge on any atom is 0.334 e. The van der Waals surface area contributed by atoms with Gasteiger partial charge in [0.25, 0.3) is 0 Å². The second kappa shape index (κ2) is 6.36. The Bertz CT molecular complexity index is 546. The van der Waals surface area contributed by atoms with Crippen LogP contribution in [0.5, 0.6) is 0 Å². The molecular formula is C11H14N5O4-. The number of pyridine rings is 1. The van der Waals surface area contributed by atoms with E-state index in [1.165, 1.54) is 12.1 Å². The van der Waals surface area contributed by atoms with Crippen LogP contribution in [0.3, 0.4) is 0 Å². The van der Waals surface area contributed by atoms with Crippen molar-refractivity contribution in [3.63, 3.8) is 0 Å². The van der Waals surface area contributed by atoms with Gasteiger partial charge in [-0.25, -0.2) is 4.98 Å². The third-order valence-electron chi connectivity index (χ3n) is 2.44. The van der Waals surface area contributed by atoms with Crippen molar-refractivity contribution in [2.24, 2.45) is 0 Å². The highest BCUT2D eigenvalue weighted by atomic mass is 16.6. The Balaban J connectivity index is 3.36. The van der Waals surface area contributed by atoms with Crippen LogP contribution in [0.25, 0.3) is 0 Å². The standard InChI is InChI=1S/C11H15N5O4/c1-3-5-13-7-6-8(15(4-2)11(17)18)14-10(12)9(7)16(19)20/h3,6H,1,4-5H2,2H3,(H,17,18)(H3,12,13,14)/p-1. The Morgan fingerprint density at radius 3 is 2.80 bits per heavy atom. The van der Waals surface area contributed by atoms with Crippen molar-refractivity contribution in [2.45, 2.75) is 6.92 Å². The van der Waals surface area contributed by atoms with Gasteiger partial charge in [-0.3, -0.25) is 10.1 Å². The lowest BCUT2D eigenvalue weighted by Gasteiger charge is -2.23. The van der Waals surface area contributed by atoms with Crippen molar-refractivity contribution in [1.29, 1.82) is 0 Å². The smallest absolute Gasteiger partial charge is 0.334 e. The van der Waals surface area contributed by atoms with E-state index >= 15 is 0 Å². The van der Waals surface area contributed by atoms with Crippen molar-refractivity contribution in [1.82, 2.24) is 4.98 Å². The van der Waals surface area contributed by atoms with Crippen LogP contribution in [-0.2, 0) is 0 Å². The van der Waals surface area contributed by atoms with E-state index in [1.54, 1.807) is 6.92 Å². The van der Waals surface area contributed by atoms with E-state index in [2.05, 4.69) is 16.9 Å². The molecule has 1 aromatic heterocycles. The lowest BCUT2D eigenvalue weighted by molar-refractivity contribution is -0.383. The molecular weight excluding hydrogens is 266 g/mol. The molecule has 0 aliphatic carbocycles. The summed E-state index contributed by atoms with van der Waals surface area (Å²) in [6.45, 7) is 5.38. The van der Waals surface area contributed by atoms with Crippen molar-refractivity contribution >= 4 is 29.1 Å². The van der Waals surface area contributed by atoms with Gasteiger partial charge in [-0.15, -0.1) is 6.58 Å². The predicted molar refractivity (Wildman–Crippen MR) is 72.4 cm³/mol. The highest BCUT2D eigenvalue weighted by Gasteiger charge is 2.22. The fourth-order valence-electron chi connectivity index (χ4n) is 1.58. The first-order chi connectivity index (χ1) is 9.42. The summed E-state index contributed by atoms with van der Waals surface area (Å²) in [5.41, 5.74) is 5.18. The highest BCUT2D eigenvalue weighted by molar-refractivity contribution is 5.86. The molecule has 0 aliphatic rings. The molecule has 3 N–H and O–H groups in total. The van der Waals surface area contributed by atoms with Crippen LogP contribution in [0.4, 0.5) is 27.8 Å². The molecule has 1 aromatic rings. The van der Waals surface area contributed by atoms with Gasteiger partial charge in [0.05, 0.1) is 4.92 Å². The number of carbonyl (C=O) groups is 1. The molecule has 108 valence electrons. The molecule has 9 nitrogen and oxygen atoms in total. The summed E-state index contributed by atoms with van der Waals surface area (Å²) >= 11 is 0. The number of aromatic nitrogens is 1. The fraction of sp³-hybridized carbons (Fsp3) is 0.273. The van der Waals surface area contributed by atoms with Gasteiger partial charge in [0.2, 0.25) is 5.82 Å². The molecule has 0 saturated carbocycles. The molecule has 0 radical (unpaired) electrons. The van der Waals surface area contributed by atoms with E-state index in [0.29, 0.717) is 0 Å². The average molecular weight is 280 g/mol. The summed E-state index contributed by atoms with van der Waals surface area (Å²) in [4.78, 5) is 25.8. The molecule has 0 aromatic carbocycles. The summed E-state index contributed by atoms with van der Waals surface area (Å²) in [5.74, 6) is -0.416. The van der Waals surface area contributed by atoms with Crippen LogP contribution in [0.1, 0.15) is 6.92 Å². The van der Waals surface area contributed by atoms with Crippen LogP contribution < -0.4 is 21.1 Å². The largest absolute Gasteiger partial charge is 0.530 e. The second-order valence-electron chi connectivity index (χ2n) is 3.70. The number of nitrogens with zero attached hydrogens (tertiary/aromatic N) is 3. The normalized spacial score (nSPS) is 9.85. The molecule has 0 spiro atoms. The number of nitro groups is 1. The van der Waals surface area contributed by atoms with Crippen LogP contribution >= 0.6 is 0 Å². The van der Waals surface area contributed by atoms with Gasteiger partial charge in [0.15, 0.2) is 0 Å². The molecule has 9 heteroatoms. The van der Waals surface area contributed by atoms with Crippen molar-refractivity contribution in [2.75, 3.05) is 29.0 Å². The minimum atomic E-state index is -1.47. The number of amides is 1. The number of anilines is 3. The molecule has 1 rings (SSSR count). The van der Waals surface area contributed by atoms with E-state index in [-0.39, 0.29) is 30.4 Å². The summed E-state index contributed by atoms with van der Waals surface area (Å²) < 4.78 is 0. The maximum absolute atomic E-state index is 11.0. The first kappa shape index (κ1) is 15.2. The minimum absolute atomic E-state index is 0.0397. The Morgan fingerprint density at radius 2 is 2.35 bits per heavy atom. The summed E-state index contributed by atoms with van der Waals surface area (Å²) in [6, 6.07) is 1.23. The van der Waals surface area contributed by atoms with E-state index in [1.807, 2.05) is 0 Å². The van der Waals surface area contributed by atoms with Crippen molar-refractivity contribution in [3.05, 3.63) is 28.8 Å². The second-order valence-corrected chi connectivity index (χ2v) is 3.70. The Hall–Kier alpha value is -2.84. The predicted octanol–water partition coefficient (Wildman–Crippen LogP) is 0.340. The lowest BCUT2D eigenvalue weighted by atomic mass is 10.3. The van der Waals surface area contributed by atoms with Crippen molar-refractivity contribution < 1.29 is 14.8 Å². The van der Waals surface area contributed by atoms with Crippen LogP contribution in [0.2, 0.25) is 0 Å². The van der Waals surface area contributed by atoms with Gasteiger partial charge >= 0.3 is 5.69 Å². The SMILES string of the molecule is C=CCNc1cc(N(CC)C(=O)[O-])nc(N)c1[N+](=O)[O-]. The Labute approximate surface area is 114 Å². The Morgan fingerprint density at radius 1 is 1.70 bits per heavy atom. The van der Waals surface area contributed by atoms with Crippen LogP contribution in [0.15, 0.2) is 18.7 Å². The van der Waals surface area contributed by atoms with Gasteiger partial charge in [-0.05, 0) is 6.92 Å². The summed E-state index contributed by atoms with van der Waals surface area (Å²) in [6.07, 6.45) is 0.0269. The molecule has 0 saturated heterocycles. The van der Waals surface area contributed by atoms with E-state index in [0.717, 1.165) is 4.90 Å². The van der Waals surface area contributed by atoms with Gasteiger partial charge in [-0.1, -0.05) is 6.08 Å². The molecule has 1 heterocycles. The number of carbonyl (C=O) groups excluding carboxylic acids is 1. The molecule has 0 fully saturated rings. The van der Waals surface area contributed by atoms with Crippen LogP contribution in [-0.4, -0.2) is 29.1 Å². The number of nitrogen functional groups attached to an aromatic ring is 1. The molecule has 20 heavy (non-hydrogen) atoms. The zero-order valence-corrected chi connectivity index (χ0v) is 10.8. The first-order valence-corrected chi connectivity index (χ1v) is 5.70. The third kappa shape index (κ3) is 3.13. The average Bonchev–Trinajstić information content (AvgIpc) is 2.35. The van der Waals surface area contributed by atoms with Crippen molar-refractivity contribution in [3.8, 4) is 0 Å². The number of hydrogen-bond donors (Lipinski definition) is 2. The number of nitrogens with one attached hydrogen (secondary N) is 1. The van der Waals surface area contributed by atoms with Gasteiger partial charge in [0.1, 0.15) is 17.6 Å². The number of nitrogens with two attached hydrogens (primary N) is 1. The summed E-state index contributed by atoms with van der Waals surface area (Å²) in [7, 11) is 0. The summed E-state index contributed by atoms with van der Waals surface area (Å²) in [5, 5.41) is 24.6. The third-order valence-corrected chi connectivity index (χ3v) is 2.44. The Kier molecular flexibility index (Phi) is 4.84. The van der Waals surface area contributed by atoms with Gasteiger partial charge < -0.3 is 25.9 Å². The quantitative estimate of drug-likeness (QED) is 0.435. The van der Waals surface area contributed by atoms with Gasteiger partial charge in [-0.2, -0.15) is 0 Å². The van der Waals surface area contributed by atoms with E-state index < -0.39 is 16.7 Å². The molecule has 0 bridgehead atoms. The highest BCUT2D eigenvalue weighted by Crippen LogP contribution is 2.33. The van der Waals surface area contributed by atoms with E-state index in [4.69, 9.17) is 5.73 Å². The van der Waals surface area contributed by atoms with Gasteiger partial charge in [0, 0.05) is 19.2 Å². The molecule has 0 aliphatic heterocycles. The number of carboxylic acid groups (broad SMARTS) is 1. The molecule has 0 unspecified atom stereocenters. The number of hydrogen-bond acceptors (Lipinski definition) is 7. The van der Waals surface area contributed by atoms with Crippen LogP contribution in [0, 0.1) is 10.1 Å². The topological polar surface area (TPSA) is 137 Å². The monoisotopic (exact) mass is 280 g/mol.